The second kappa shape index (κ2) is 9.76. The molecule has 1 aromatic carbocycles. The average Bonchev–Trinajstić information content (AvgIpc) is 3.26. The van der Waals surface area contributed by atoms with E-state index in [0.29, 0.717) is 19.1 Å². The van der Waals surface area contributed by atoms with Crippen LogP contribution in [-0.2, 0) is 4.74 Å². The Kier molecular flexibility index (Phi) is 6.77. The zero-order valence-corrected chi connectivity index (χ0v) is 20.8. The fourth-order valence-corrected chi connectivity index (χ4v) is 6.34. The van der Waals surface area contributed by atoms with E-state index in [2.05, 4.69) is 46.3 Å². The lowest BCUT2D eigenvalue weighted by Crippen LogP contribution is -2.65. The van der Waals surface area contributed by atoms with Gasteiger partial charge in [-0.3, -0.25) is 4.90 Å². The lowest BCUT2D eigenvalue weighted by atomic mass is 9.84. The quantitative estimate of drug-likeness (QED) is 0.695. The van der Waals surface area contributed by atoms with Crippen LogP contribution < -0.4 is 10.2 Å². The third-order valence-corrected chi connectivity index (χ3v) is 8.71. The maximum atomic E-state index is 12.4. The van der Waals surface area contributed by atoms with Crippen molar-refractivity contribution in [1.82, 2.24) is 19.5 Å². The third kappa shape index (κ3) is 5.12. The van der Waals surface area contributed by atoms with Gasteiger partial charge in [0, 0.05) is 44.7 Å². The molecule has 0 radical (unpaired) electrons. The van der Waals surface area contributed by atoms with E-state index in [0.717, 1.165) is 44.9 Å². The molecule has 3 fully saturated rings. The summed E-state index contributed by atoms with van der Waals surface area (Å²) in [7, 11) is 1.72. The molecule has 7 nitrogen and oxygen atoms in total. The molecule has 0 atom stereocenters. The molecule has 8 heteroatoms. The lowest BCUT2D eigenvalue weighted by molar-refractivity contribution is -0.0914. The Morgan fingerprint density at radius 1 is 1.15 bits per heavy atom. The van der Waals surface area contributed by atoms with E-state index >= 15 is 0 Å². The number of hydrogen-bond donors (Lipinski definition) is 1. The molecule has 0 spiro atoms. The summed E-state index contributed by atoms with van der Waals surface area (Å²) in [6, 6.07) is 8.97. The van der Waals surface area contributed by atoms with Gasteiger partial charge >= 0.3 is 6.03 Å². The van der Waals surface area contributed by atoms with Crippen molar-refractivity contribution in [2.45, 2.75) is 50.7 Å². The van der Waals surface area contributed by atoms with E-state index in [4.69, 9.17) is 9.11 Å². The zero-order chi connectivity index (χ0) is 22.8. The summed E-state index contributed by atoms with van der Waals surface area (Å²) in [6.07, 6.45) is 5.95. The number of carbonyl (C=O) groups excluding carboxylic acids is 1. The zero-order valence-electron chi connectivity index (χ0n) is 20.0. The number of carbonyl (C=O) groups is 1. The number of nitrogens with zero attached hydrogens (tertiary/aromatic N) is 4. The van der Waals surface area contributed by atoms with E-state index in [1.807, 2.05) is 4.90 Å². The number of amides is 2. The Hall–Kier alpha value is -1.90. The number of benzene rings is 1. The standard InChI is InChI=1S/C25H37N5O2S/c1-25(32-2)17-30(18-25)24(31)26-20-9-7-19(8-10-20)11-12-28-13-15-29(16-14-28)23-21-5-3-4-6-22(21)33-27-23/h3-6,19-20H,7-18H2,1-2H3,(H,26,31)/t19-,20-. The van der Waals surface area contributed by atoms with Crippen molar-refractivity contribution in [3.63, 3.8) is 0 Å². The smallest absolute Gasteiger partial charge is 0.317 e. The van der Waals surface area contributed by atoms with Gasteiger partial charge in [-0.05, 0) is 75.2 Å². The van der Waals surface area contributed by atoms with E-state index in [9.17, 15) is 4.79 Å². The number of anilines is 1. The fraction of sp³-hybridized carbons (Fsp3) is 0.680. The number of rotatable bonds is 6. The van der Waals surface area contributed by atoms with Crippen LogP contribution >= 0.6 is 11.5 Å². The Morgan fingerprint density at radius 2 is 1.88 bits per heavy atom. The van der Waals surface area contributed by atoms with Crippen molar-refractivity contribution in [1.29, 1.82) is 0 Å². The van der Waals surface area contributed by atoms with E-state index in [1.54, 1.807) is 18.6 Å². The molecule has 2 aliphatic heterocycles. The lowest BCUT2D eigenvalue weighted by Gasteiger charge is -2.47. The van der Waals surface area contributed by atoms with Crippen LogP contribution in [0.4, 0.5) is 10.6 Å². The number of aromatic nitrogens is 1. The van der Waals surface area contributed by atoms with Crippen molar-refractivity contribution in [2.24, 2.45) is 5.92 Å². The first-order valence-corrected chi connectivity index (χ1v) is 13.2. The van der Waals surface area contributed by atoms with E-state index in [1.165, 1.54) is 41.7 Å². The van der Waals surface area contributed by atoms with Crippen LogP contribution in [0.3, 0.4) is 0 Å². The van der Waals surface area contributed by atoms with E-state index in [-0.39, 0.29) is 11.6 Å². The van der Waals surface area contributed by atoms with Gasteiger partial charge in [-0.15, -0.1) is 0 Å². The van der Waals surface area contributed by atoms with Crippen LogP contribution in [0.1, 0.15) is 39.0 Å². The summed E-state index contributed by atoms with van der Waals surface area (Å²) in [5.74, 6) is 1.96. The van der Waals surface area contributed by atoms with E-state index < -0.39 is 0 Å². The predicted octanol–water partition coefficient (Wildman–Crippen LogP) is 3.80. The monoisotopic (exact) mass is 471 g/mol. The van der Waals surface area contributed by atoms with Crippen LogP contribution in [0, 0.1) is 5.92 Å². The topological polar surface area (TPSA) is 60.9 Å². The number of methoxy groups -OCH3 is 1. The minimum absolute atomic E-state index is 0.0822. The highest BCUT2D eigenvalue weighted by Crippen LogP contribution is 2.31. The molecular formula is C25H37N5O2S. The van der Waals surface area contributed by atoms with Crippen LogP contribution in [0.15, 0.2) is 24.3 Å². The molecule has 1 aliphatic carbocycles. The second-order valence-corrected chi connectivity index (χ2v) is 11.1. The van der Waals surface area contributed by atoms with Crippen molar-refractivity contribution < 1.29 is 9.53 Å². The third-order valence-electron chi connectivity index (χ3n) is 7.89. The molecule has 2 aromatic rings. The Balaban J connectivity index is 0.995. The van der Waals surface area contributed by atoms with Gasteiger partial charge in [0.2, 0.25) is 0 Å². The average molecular weight is 472 g/mol. The minimum Gasteiger partial charge on any atom is -0.375 e. The van der Waals surface area contributed by atoms with Gasteiger partial charge in [0.25, 0.3) is 0 Å². The van der Waals surface area contributed by atoms with Crippen LogP contribution in [0.25, 0.3) is 10.1 Å². The van der Waals surface area contributed by atoms with Crippen molar-refractivity contribution in [3.8, 4) is 0 Å². The Bertz CT molecular complexity index is 943. The molecule has 3 heterocycles. The highest BCUT2D eigenvalue weighted by Gasteiger charge is 2.42. The first kappa shape index (κ1) is 22.9. The normalized spacial score (nSPS) is 25.8. The molecule has 3 aliphatic rings. The Morgan fingerprint density at radius 3 is 2.61 bits per heavy atom. The maximum absolute atomic E-state index is 12.4. The van der Waals surface area contributed by atoms with Crippen molar-refractivity contribution in [3.05, 3.63) is 24.3 Å². The summed E-state index contributed by atoms with van der Waals surface area (Å²) < 4.78 is 11.5. The van der Waals surface area contributed by atoms with Crippen LogP contribution in [0.2, 0.25) is 0 Å². The van der Waals surface area contributed by atoms with Gasteiger partial charge in [0.15, 0.2) is 0 Å². The molecule has 180 valence electrons. The molecule has 1 N–H and O–H groups in total. The van der Waals surface area contributed by atoms with Crippen LogP contribution in [-0.4, -0.2) is 84.8 Å². The molecule has 33 heavy (non-hydrogen) atoms. The first-order valence-electron chi connectivity index (χ1n) is 12.5. The molecular weight excluding hydrogens is 434 g/mol. The van der Waals surface area contributed by atoms with Gasteiger partial charge in [0.05, 0.1) is 17.8 Å². The molecule has 2 saturated heterocycles. The molecule has 0 bridgehead atoms. The van der Waals surface area contributed by atoms with Gasteiger partial charge in [-0.1, -0.05) is 12.1 Å². The molecule has 5 rings (SSSR count). The predicted molar refractivity (Wildman–Crippen MR) is 134 cm³/mol. The van der Waals surface area contributed by atoms with Crippen LogP contribution in [0.5, 0.6) is 0 Å². The molecule has 1 saturated carbocycles. The van der Waals surface area contributed by atoms with Gasteiger partial charge in [-0.2, -0.15) is 4.37 Å². The van der Waals surface area contributed by atoms with Crippen molar-refractivity contribution in [2.75, 3.05) is 57.8 Å². The highest BCUT2D eigenvalue weighted by molar-refractivity contribution is 7.13. The van der Waals surface area contributed by atoms with Gasteiger partial charge in [0.1, 0.15) is 11.4 Å². The highest BCUT2D eigenvalue weighted by atomic mass is 32.1. The maximum Gasteiger partial charge on any atom is 0.317 e. The molecule has 0 unspecified atom stereocenters. The first-order chi connectivity index (χ1) is 16.0. The number of piperazine rings is 1. The minimum atomic E-state index is -0.158. The SMILES string of the molecule is COC1(C)CN(C(=O)N[C@H]2CC[C@H](CCN3CCN(c4nsc5ccccc45)CC3)CC2)C1. The summed E-state index contributed by atoms with van der Waals surface area (Å²) in [5.41, 5.74) is -0.158. The summed E-state index contributed by atoms with van der Waals surface area (Å²) >= 11 is 1.61. The van der Waals surface area contributed by atoms with Gasteiger partial charge < -0.3 is 19.9 Å². The number of nitrogens with one attached hydrogen (secondary N) is 1. The summed E-state index contributed by atoms with van der Waals surface area (Å²) in [6.45, 7) is 8.99. The number of ether oxygens (including phenoxy) is 1. The van der Waals surface area contributed by atoms with Gasteiger partial charge in [-0.25, -0.2) is 4.79 Å². The summed E-state index contributed by atoms with van der Waals surface area (Å²) in [5, 5.41) is 4.54. The summed E-state index contributed by atoms with van der Waals surface area (Å²) in [4.78, 5) is 19.4. The second-order valence-electron chi connectivity index (χ2n) is 10.3. The number of urea groups is 1. The molecule has 1 aromatic heterocycles. The molecule has 2 amide bonds. The Labute approximate surface area is 201 Å². The number of likely N-dealkylation sites (tertiary alicyclic amines) is 1. The number of hydrogen-bond acceptors (Lipinski definition) is 6. The largest absolute Gasteiger partial charge is 0.375 e. The van der Waals surface area contributed by atoms with Crippen molar-refractivity contribution >= 4 is 33.5 Å². The number of fused-ring (bicyclic) bond motifs is 1. The fourth-order valence-electron chi connectivity index (χ4n) is 5.54.